The predicted molar refractivity (Wildman–Crippen MR) is 141 cm³/mol. The maximum atomic E-state index is 13.9. The number of hydrogen-bond acceptors (Lipinski definition) is 7. The van der Waals surface area contributed by atoms with E-state index in [-0.39, 0.29) is 30.5 Å². The molecule has 0 aliphatic carbocycles. The van der Waals surface area contributed by atoms with Gasteiger partial charge in [-0.15, -0.1) is 5.92 Å². The number of imidazole rings is 1. The van der Waals surface area contributed by atoms with Crippen molar-refractivity contribution in [3.8, 4) is 23.6 Å². The first-order valence-electron chi connectivity index (χ1n) is 12.1. The van der Waals surface area contributed by atoms with Crippen molar-refractivity contribution in [3.05, 3.63) is 80.8 Å². The van der Waals surface area contributed by atoms with Crippen LogP contribution in [0.5, 0.6) is 0 Å². The molecule has 0 bridgehead atoms. The number of nitriles is 1. The Morgan fingerprint density at radius 1 is 1.14 bits per heavy atom. The van der Waals surface area contributed by atoms with Crippen LogP contribution in [-0.4, -0.2) is 42.8 Å². The molecule has 1 fully saturated rings. The third-order valence-electron chi connectivity index (χ3n) is 6.46. The minimum absolute atomic E-state index is 0.00359. The van der Waals surface area contributed by atoms with E-state index in [0.29, 0.717) is 29.3 Å². The fourth-order valence-electron chi connectivity index (χ4n) is 4.68. The second kappa shape index (κ2) is 10.1. The first-order chi connectivity index (χ1) is 18.0. The third-order valence-corrected chi connectivity index (χ3v) is 6.46. The highest BCUT2D eigenvalue weighted by Crippen LogP contribution is 2.24. The zero-order valence-corrected chi connectivity index (χ0v) is 20.5. The summed E-state index contributed by atoms with van der Waals surface area (Å²) >= 11 is 0. The van der Waals surface area contributed by atoms with Crippen molar-refractivity contribution in [3.63, 3.8) is 0 Å². The molecule has 0 spiro atoms. The molecule has 2 N–H and O–H groups in total. The quantitative estimate of drug-likeness (QED) is 0.418. The molecule has 4 aromatic rings. The van der Waals surface area contributed by atoms with Crippen molar-refractivity contribution in [2.24, 2.45) is 5.73 Å². The molecule has 186 valence electrons. The number of rotatable bonds is 5. The monoisotopic (exact) mass is 494 g/mol. The Kier molecular flexibility index (Phi) is 6.59. The van der Waals surface area contributed by atoms with Crippen LogP contribution in [0.15, 0.2) is 58.3 Å². The van der Waals surface area contributed by atoms with Crippen LogP contribution in [0.25, 0.3) is 16.9 Å². The molecule has 37 heavy (non-hydrogen) atoms. The Hall–Kier alpha value is -4.67. The lowest BCUT2D eigenvalue weighted by atomic mass is 10.1. The van der Waals surface area contributed by atoms with Crippen molar-refractivity contribution in [2.75, 3.05) is 18.0 Å². The van der Waals surface area contributed by atoms with E-state index in [0.717, 1.165) is 19.4 Å². The lowest BCUT2D eigenvalue weighted by Crippen LogP contribution is -2.44. The van der Waals surface area contributed by atoms with Crippen molar-refractivity contribution >= 4 is 17.1 Å². The van der Waals surface area contributed by atoms with Crippen LogP contribution in [0.1, 0.15) is 31.0 Å². The molecule has 0 radical (unpaired) electrons. The maximum Gasteiger partial charge on any atom is 0.337 e. The van der Waals surface area contributed by atoms with Gasteiger partial charge in [0.05, 0.1) is 18.8 Å². The number of aromatic nitrogens is 5. The van der Waals surface area contributed by atoms with Gasteiger partial charge in [0, 0.05) is 25.3 Å². The summed E-state index contributed by atoms with van der Waals surface area (Å²) in [4.78, 5) is 38.8. The number of benzene rings is 1. The van der Waals surface area contributed by atoms with E-state index in [9.17, 15) is 9.59 Å². The summed E-state index contributed by atoms with van der Waals surface area (Å²) in [5.74, 6) is 6.53. The average molecular weight is 495 g/mol. The Balaban J connectivity index is 1.80. The molecule has 0 saturated carbocycles. The van der Waals surface area contributed by atoms with Crippen molar-refractivity contribution in [2.45, 2.75) is 38.9 Å². The first kappa shape index (κ1) is 24.0. The van der Waals surface area contributed by atoms with E-state index in [2.05, 4.69) is 21.7 Å². The van der Waals surface area contributed by atoms with Gasteiger partial charge in [-0.05, 0) is 43.5 Å². The van der Waals surface area contributed by atoms with Gasteiger partial charge in [-0.1, -0.05) is 30.2 Å². The lowest BCUT2D eigenvalue weighted by Gasteiger charge is -2.31. The Morgan fingerprint density at radius 3 is 2.62 bits per heavy atom. The third kappa shape index (κ3) is 4.51. The van der Waals surface area contributed by atoms with Crippen LogP contribution < -0.4 is 21.9 Å². The van der Waals surface area contributed by atoms with E-state index in [1.54, 1.807) is 35.8 Å². The van der Waals surface area contributed by atoms with Gasteiger partial charge in [-0.2, -0.15) is 10.2 Å². The van der Waals surface area contributed by atoms with Gasteiger partial charge < -0.3 is 10.6 Å². The Labute approximate surface area is 213 Å². The van der Waals surface area contributed by atoms with Crippen LogP contribution in [0.3, 0.4) is 0 Å². The summed E-state index contributed by atoms with van der Waals surface area (Å²) in [5, 5.41) is 9.06. The minimum atomic E-state index is -0.513. The first-order valence-corrected chi connectivity index (χ1v) is 12.1. The van der Waals surface area contributed by atoms with Gasteiger partial charge >= 0.3 is 5.69 Å². The Bertz CT molecular complexity index is 1660. The van der Waals surface area contributed by atoms with Gasteiger partial charge in [-0.25, -0.2) is 14.3 Å². The summed E-state index contributed by atoms with van der Waals surface area (Å²) in [6, 6.07) is 14.4. The number of fused-ring (bicyclic) bond motifs is 1. The number of pyridine rings is 1. The molecule has 3 aromatic heterocycles. The van der Waals surface area contributed by atoms with E-state index in [1.807, 2.05) is 24.3 Å². The molecule has 10 nitrogen and oxygen atoms in total. The number of hydrogen-bond donors (Lipinski definition) is 1. The smallest absolute Gasteiger partial charge is 0.337 e. The van der Waals surface area contributed by atoms with E-state index >= 15 is 0 Å². The minimum Gasteiger partial charge on any atom is -0.341 e. The molecular weight excluding hydrogens is 468 g/mol. The highest BCUT2D eigenvalue weighted by Gasteiger charge is 2.27. The molecular formula is C27H26N8O2. The van der Waals surface area contributed by atoms with Crippen LogP contribution in [0.4, 0.5) is 5.95 Å². The summed E-state index contributed by atoms with van der Waals surface area (Å²) in [6.45, 7) is 3.33. The molecule has 5 rings (SSSR count). The van der Waals surface area contributed by atoms with Gasteiger partial charge in [0.2, 0.25) is 5.95 Å². The highest BCUT2D eigenvalue weighted by atomic mass is 16.2. The summed E-state index contributed by atoms with van der Waals surface area (Å²) in [5.41, 5.74) is 7.33. The van der Waals surface area contributed by atoms with Crippen molar-refractivity contribution in [1.82, 2.24) is 23.7 Å². The van der Waals surface area contributed by atoms with Gasteiger partial charge in [0.1, 0.15) is 11.8 Å². The molecule has 1 saturated heterocycles. The number of nitrogens with zero attached hydrogens (tertiary/aromatic N) is 7. The largest absolute Gasteiger partial charge is 0.341 e. The highest BCUT2D eigenvalue weighted by molar-refractivity contribution is 5.76. The SMILES string of the molecule is CC#CCn1c(N2CCC[C@@H](N)C2)nc2c1c(=O)n(Cc1ccc(C#N)nc1)c(=O)n2-c1ccccc1. The topological polar surface area (TPSA) is 128 Å². The van der Waals surface area contributed by atoms with Crippen LogP contribution in [0.2, 0.25) is 0 Å². The maximum absolute atomic E-state index is 13.9. The molecule has 1 aliphatic heterocycles. The van der Waals surface area contributed by atoms with E-state index < -0.39 is 11.2 Å². The molecule has 1 aromatic carbocycles. The standard InChI is InChI=1S/C27H26N8O2/c1-2-3-14-33-23-24(31-26(33)32-13-7-8-20(29)18-32)35(22-9-5-4-6-10-22)27(37)34(25(23)36)17-19-11-12-21(15-28)30-16-19/h4-6,9-12,16,20H,7-8,13-14,17-18,29H2,1H3/t20-/m1/s1. The van der Waals surface area contributed by atoms with Crippen LogP contribution in [-0.2, 0) is 13.1 Å². The summed E-state index contributed by atoms with van der Waals surface area (Å²) < 4.78 is 4.44. The molecule has 0 amide bonds. The van der Waals surface area contributed by atoms with Crippen molar-refractivity contribution < 1.29 is 0 Å². The summed E-state index contributed by atoms with van der Waals surface area (Å²) in [7, 11) is 0. The fraction of sp³-hybridized carbons (Fsp3) is 0.296. The van der Waals surface area contributed by atoms with Gasteiger partial charge in [0.25, 0.3) is 5.56 Å². The zero-order chi connectivity index (χ0) is 25.9. The Morgan fingerprint density at radius 2 is 1.95 bits per heavy atom. The van der Waals surface area contributed by atoms with Crippen LogP contribution >= 0.6 is 0 Å². The molecule has 1 aliphatic rings. The van der Waals surface area contributed by atoms with E-state index in [1.165, 1.54) is 15.3 Å². The average Bonchev–Trinajstić information content (AvgIpc) is 3.30. The lowest BCUT2D eigenvalue weighted by molar-refractivity contribution is 0.496. The number of anilines is 1. The molecule has 0 unspecified atom stereocenters. The number of para-hydroxylation sites is 1. The van der Waals surface area contributed by atoms with Crippen LogP contribution in [0, 0.1) is 23.2 Å². The normalized spacial score (nSPS) is 15.3. The van der Waals surface area contributed by atoms with E-state index in [4.69, 9.17) is 16.0 Å². The zero-order valence-electron chi connectivity index (χ0n) is 20.5. The van der Waals surface area contributed by atoms with Gasteiger partial charge in [0.15, 0.2) is 11.2 Å². The van der Waals surface area contributed by atoms with Gasteiger partial charge in [-0.3, -0.25) is 13.9 Å². The summed E-state index contributed by atoms with van der Waals surface area (Å²) in [6.07, 6.45) is 3.33. The second-order valence-electron chi connectivity index (χ2n) is 8.95. The second-order valence-corrected chi connectivity index (χ2v) is 8.95. The molecule has 10 heteroatoms. The fourth-order valence-corrected chi connectivity index (χ4v) is 4.68. The molecule has 1 atom stereocenters. The van der Waals surface area contributed by atoms with Crippen molar-refractivity contribution in [1.29, 1.82) is 5.26 Å². The number of piperidine rings is 1. The predicted octanol–water partition coefficient (Wildman–Crippen LogP) is 1.61. The molecule has 4 heterocycles. The number of nitrogens with two attached hydrogens (primary N) is 1.